The molecule has 0 radical (unpaired) electrons. The van der Waals surface area contributed by atoms with Gasteiger partial charge in [-0.2, -0.15) is 12.1 Å². The van der Waals surface area contributed by atoms with Gasteiger partial charge in [-0.05, 0) is 36.5 Å². The Morgan fingerprint density at radius 3 is 1.09 bits per heavy atom. The van der Waals surface area contributed by atoms with Crippen LogP contribution in [0.3, 0.4) is 0 Å². The molecule has 0 saturated heterocycles. The van der Waals surface area contributed by atoms with Gasteiger partial charge in [-0.3, -0.25) is 0 Å². The molecule has 0 atom stereocenters. The molecule has 44 heavy (non-hydrogen) atoms. The molecule has 4 rings (SSSR count). The second-order valence-electron chi connectivity index (χ2n) is 14.5. The standard InChI is InChI=1S/2C19H27.C2H6Si.2ClH.Ti/c2*1-6-8-14-10-15(9-7-2)18-13-17(19(3,4)5)12-16(18)11-14;1-3-2;;;/h2*10-13H,6-9H2,1-5H3;1-2H3;2*1H;/q2*-1;;;;+2/p-2. The molecule has 0 aliphatic carbocycles. The van der Waals surface area contributed by atoms with Gasteiger partial charge < -0.3 is 24.8 Å². The molecular formula is C40H60Cl2SiTi-2. The van der Waals surface area contributed by atoms with E-state index in [9.17, 15) is 0 Å². The van der Waals surface area contributed by atoms with Crippen LogP contribution in [0.5, 0.6) is 0 Å². The Bertz CT molecular complexity index is 1320. The Labute approximate surface area is 296 Å². The molecule has 0 aliphatic heterocycles. The Hall–Kier alpha value is -0.829. The van der Waals surface area contributed by atoms with E-state index in [0.717, 1.165) is 0 Å². The predicted octanol–water partition coefficient (Wildman–Crippen LogP) is 6.31. The van der Waals surface area contributed by atoms with E-state index in [1.54, 1.807) is 11.1 Å². The molecule has 0 unspecified atom stereocenters. The third-order valence-corrected chi connectivity index (χ3v) is 7.78. The zero-order valence-electron chi connectivity index (χ0n) is 30.0. The monoisotopic (exact) mass is 686 g/mol. The maximum Gasteiger partial charge on any atom is -1.00 e. The maximum absolute atomic E-state index is 2.43. The van der Waals surface area contributed by atoms with Gasteiger partial charge in [0.2, 0.25) is 0 Å². The molecule has 244 valence electrons. The van der Waals surface area contributed by atoms with E-state index >= 15 is 0 Å². The number of halogens is 2. The summed E-state index contributed by atoms with van der Waals surface area (Å²) >= 11 is 2.27. The molecule has 4 aromatic rings. The van der Waals surface area contributed by atoms with Gasteiger partial charge in [-0.1, -0.05) is 129 Å². The Morgan fingerprint density at radius 1 is 0.545 bits per heavy atom. The first-order chi connectivity index (χ1) is 19.6. The van der Waals surface area contributed by atoms with E-state index in [4.69, 9.17) is 0 Å². The molecule has 0 N–H and O–H groups in total. The fraction of sp³-hybridized carbons (Fsp3) is 0.550. The average Bonchev–Trinajstić information content (AvgIpc) is 3.50. The first kappa shape index (κ1) is 43.2. The fourth-order valence-corrected chi connectivity index (χ4v) is 5.62. The van der Waals surface area contributed by atoms with E-state index in [1.807, 2.05) is 0 Å². The Balaban J connectivity index is 0.000000720. The maximum atomic E-state index is 2.43. The quantitative estimate of drug-likeness (QED) is 0.151. The van der Waals surface area contributed by atoms with E-state index in [1.165, 1.54) is 95.2 Å². The second kappa shape index (κ2) is 19.7. The van der Waals surface area contributed by atoms with Gasteiger partial charge in [-0.25, -0.2) is 0 Å². The van der Waals surface area contributed by atoms with Crippen LogP contribution in [0, 0.1) is 0 Å². The first-order valence-corrected chi connectivity index (χ1v) is 21.5. The first-order valence-electron chi connectivity index (χ1n) is 16.6. The summed E-state index contributed by atoms with van der Waals surface area (Å²) in [7, 11) is 0. The van der Waals surface area contributed by atoms with Gasteiger partial charge in [0.15, 0.2) is 0 Å². The van der Waals surface area contributed by atoms with E-state index in [2.05, 4.69) is 150 Å². The molecule has 4 heteroatoms. The molecule has 4 aromatic carbocycles. The number of rotatable bonds is 8. The van der Waals surface area contributed by atoms with Crippen LogP contribution < -0.4 is 24.8 Å². The summed E-state index contributed by atoms with van der Waals surface area (Å²) in [4.78, 5) is 0. The molecule has 0 nitrogen and oxygen atoms in total. The van der Waals surface area contributed by atoms with Crippen molar-refractivity contribution in [3.05, 3.63) is 81.9 Å². The smallest absolute Gasteiger partial charge is 1.00 e. The number of hydrogen-bond donors (Lipinski definition) is 0. The second-order valence-corrected chi connectivity index (χ2v) is 21.2. The summed E-state index contributed by atoms with van der Waals surface area (Å²) in [5.41, 5.74) is 9.51. The molecule has 0 saturated carbocycles. The van der Waals surface area contributed by atoms with Crippen LogP contribution in [-0.2, 0) is 55.7 Å². The molecule has 0 spiro atoms. The summed E-state index contributed by atoms with van der Waals surface area (Å²) in [5.74, 6) is 0. The van der Waals surface area contributed by atoms with Crippen molar-refractivity contribution in [3.8, 4) is 0 Å². The molecule has 0 amide bonds. The van der Waals surface area contributed by atoms with Gasteiger partial charge in [0.25, 0.3) is 0 Å². The minimum absolute atomic E-state index is 0. The summed E-state index contributed by atoms with van der Waals surface area (Å²) in [5, 5.41) is 5.84. The largest absolute Gasteiger partial charge is 1.00 e. The van der Waals surface area contributed by atoms with E-state index in [-0.39, 0.29) is 41.8 Å². The number of fused-ring (bicyclic) bond motifs is 2. The third kappa shape index (κ3) is 13.1. The van der Waals surface area contributed by atoms with Crippen LogP contribution >= 0.6 is 0 Å². The van der Waals surface area contributed by atoms with Crippen LogP contribution in [0.1, 0.15) is 128 Å². The fourth-order valence-electron chi connectivity index (χ4n) is 5.62. The summed E-state index contributed by atoms with van der Waals surface area (Å²) < 4.78 is 0. The van der Waals surface area contributed by atoms with Crippen LogP contribution in [0.4, 0.5) is 0 Å². The van der Waals surface area contributed by atoms with Crippen molar-refractivity contribution < 1.29 is 44.0 Å². The zero-order valence-corrected chi connectivity index (χ0v) is 34.1. The topological polar surface area (TPSA) is 0 Å². The van der Waals surface area contributed by atoms with Crippen LogP contribution in [0.15, 0.2) is 48.5 Å². The zero-order chi connectivity index (χ0) is 31.7. The predicted molar refractivity (Wildman–Crippen MR) is 190 cm³/mol. The van der Waals surface area contributed by atoms with Gasteiger partial charge >= 0.3 is 38.5 Å². The molecular weight excluding hydrogens is 627 g/mol. The van der Waals surface area contributed by atoms with Gasteiger partial charge in [0, 0.05) is 0 Å². The number of benzene rings is 2. The SMILES string of the molecule is CCCc1cc(CCC)c2cc(C(C)(C)C)[cH-]c2c1.CCCc1cc(CCC)c2cc(C(C)(C)C)[cH-]c2c1.C[Si](C)=[Ti+2].[Cl-].[Cl-]. The van der Waals surface area contributed by atoms with Crippen LogP contribution in [-0.4, -0.2) is 6.19 Å². The van der Waals surface area contributed by atoms with Crippen molar-refractivity contribution >= 4 is 27.7 Å². The van der Waals surface area contributed by atoms with Crippen LogP contribution in [0.2, 0.25) is 13.1 Å². The molecule has 0 heterocycles. The third-order valence-electron chi connectivity index (χ3n) is 7.78. The summed E-state index contributed by atoms with van der Waals surface area (Å²) in [6.07, 6.45) is 9.80. The van der Waals surface area contributed by atoms with Crippen molar-refractivity contribution in [2.45, 2.75) is 145 Å². The van der Waals surface area contributed by atoms with Crippen molar-refractivity contribution in [3.63, 3.8) is 0 Å². The van der Waals surface area contributed by atoms with Gasteiger partial charge in [0.05, 0.1) is 0 Å². The van der Waals surface area contributed by atoms with Gasteiger partial charge in [-0.15, -0.1) is 56.9 Å². The number of aryl methyl sites for hydroxylation is 4. The molecule has 0 aliphatic rings. The van der Waals surface area contributed by atoms with Crippen LogP contribution in [0.25, 0.3) is 21.5 Å². The molecule has 0 bridgehead atoms. The Kier molecular flexibility index (Phi) is 19.4. The van der Waals surface area contributed by atoms with Crippen molar-refractivity contribution in [2.24, 2.45) is 0 Å². The van der Waals surface area contributed by atoms with Gasteiger partial charge in [0.1, 0.15) is 0 Å². The van der Waals surface area contributed by atoms with Crippen molar-refractivity contribution in [1.29, 1.82) is 0 Å². The normalized spacial score (nSPS) is 11.2. The minimum atomic E-state index is 0. The summed E-state index contributed by atoms with van der Waals surface area (Å²) in [6, 6.07) is 19.3. The summed E-state index contributed by atoms with van der Waals surface area (Å²) in [6.45, 7) is 27.4. The number of hydrogen-bond acceptors (Lipinski definition) is 0. The van der Waals surface area contributed by atoms with E-state index < -0.39 is 0 Å². The van der Waals surface area contributed by atoms with E-state index in [0.29, 0.717) is 0 Å². The van der Waals surface area contributed by atoms with Crippen molar-refractivity contribution in [2.75, 3.05) is 0 Å². The minimum Gasteiger partial charge on any atom is -1.00 e. The molecule has 0 aromatic heterocycles. The Morgan fingerprint density at radius 2 is 0.841 bits per heavy atom. The van der Waals surface area contributed by atoms with Crippen molar-refractivity contribution in [1.82, 2.24) is 0 Å². The molecule has 0 fully saturated rings. The average molecular weight is 688 g/mol.